The molecule has 0 aliphatic rings. The number of ether oxygens (including phenoxy) is 2. The fourth-order valence-electron chi connectivity index (χ4n) is 3.28. The van der Waals surface area contributed by atoms with Gasteiger partial charge in [0.25, 0.3) is 0 Å². The van der Waals surface area contributed by atoms with E-state index in [1.807, 2.05) is 13.0 Å². The van der Waals surface area contributed by atoms with Crippen molar-refractivity contribution in [2.24, 2.45) is 0 Å². The van der Waals surface area contributed by atoms with Crippen molar-refractivity contribution < 1.29 is 17.9 Å². The molecule has 0 atom stereocenters. The number of anilines is 2. The Balaban J connectivity index is 1.75. The first-order chi connectivity index (χ1) is 15.9. The van der Waals surface area contributed by atoms with E-state index in [4.69, 9.17) is 9.47 Å². The van der Waals surface area contributed by atoms with Crippen LogP contribution in [-0.2, 0) is 26.1 Å². The minimum atomic E-state index is -3.60. The van der Waals surface area contributed by atoms with E-state index in [0.717, 1.165) is 11.5 Å². The van der Waals surface area contributed by atoms with E-state index >= 15 is 0 Å². The van der Waals surface area contributed by atoms with Crippen LogP contribution >= 0.6 is 0 Å². The molecule has 0 saturated heterocycles. The Morgan fingerprint density at radius 1 is 1.12 bits per heavy atom. The minimum absolute atomic E-state index is 0.172. The van der Waals surface area contributed by atoms with E-state index in [1.165, 1.54) is 12.1 Å². The first kappa shape index (κ1) is 24.8. The molecule has 0 saturated carbocycles. The summed E-state index contributed by atoms with van der Waals surface area (Å²) in [5.41, 5.74) is 2.24. The Hall–Kier alpha value is -2.86. The number of rotatable bonds is 12. The third-order valence-electron chi connectivity index (χ3n) is 4.74. The Labute approximate surface area is 194 Å². The number of aromatic nitrogens is 4. The zero-order chi connectivity index (χ0) is 23.8. The van der Waals surface area contributed by atoms with Gasteiger partial charge in [0.2, 0.25) is 16.0 Å². The molecular formula is C22H30N6O4S. The highest BCUT2D eigenvalue weighted by atomic mass is 32.2. The monoisotopic (exact) mass is 474 g/mol. The predicted octanol–water partition coefficient (Wildman–Crippen LogP) is 3.13. The number of sulfonamides is 1. The molecule has 33 heavy (non-hydrogen) atoms. The fraction of sp³-hybridized carbons (Fsp3) is 0.409. The van der Waals surface area contributed by atoms with Crippen molar-refractivity contribution in [2.45, 2.75) is 38.3 Å². The van der Waals surface area contributed by atoms with Crippen LogP contribution in [0.5, 0.6) is 0 Å². The van der Waals surface area contributed by atoms with Crippen molar-refractivity contribution in [3.05, 3.63) is 48.5 Å². The van der Waals surface area contributed by atoms with Crippen LogP contribution in [0.4, 0.5) is 11.6 Å². The van der Waals surface area contributed by atoms with Crippen LogP contribution in [0.15, 0.2) is 47.6 Å². The van der Waals surface area contributed by atoms with Gasteiger partial charge in [0.1, 0.15) is 12.4 Å². The Morgan fingerprint density at radius 2 is 1.88 bits per heavy atom. The average Bonchev–Trinajstić information content (AvgIpc) is 3.22. The summed E-state index contributed by atoms with van der Waals surface area (Å²) < 4.78 is 39.8. The van der Waals surface area contributed by atoms with Crippen molar-refractivity contribution in [1.82, 2.24) is 24.2 Å². The molecule has 0 aliphatic carbocycles. The summed E-state index contributed by atoms with van der Waals surface area (Å²) in [5.74, 6) is 1.21. The third kappa shape index (κ3) is 6.35. The number of nitrogens with one attached hydrogen (secondary N) is 2. The Kier molecular flexibility index (Phi) is 8.50. The van der Waals surface area contributed by atoms with Gasteiger partial charge in [0, 0.05) is 38.2 Å². The molecule has 2 aromatic heterocycles. The smallest absolute Gasteiger partial charge is 0.240 e. The maximum absolute atomic E-state index is 12.4. The van der Waals surface area contributed by atoms with E-state index < -0.39 is 10.0 Å². The molecule has 0 amide bonds. The molecule has 3 rings (SSSR count). The topological polar surface area (TPSA) is 120 Å². The van der Waals surface area contributed by atoms with E-state index in [2.05, 4.69) is 43.4 Å². The molecule has 0 aliphatic heterocycles. The van der Waals surface area contributed by atoms with Crippen LogP contribution in [0.3, 0.4) is 0 Å². The molecular weight excluding hydrogens is 444 g/mol. The second kappa shape index (κ2) is 11.3. The normalized spacial score (nSPS) is 11.8. The fourth-order valence-corrected chi connectivity index (χ4v) is 4.30. The summed E-state index contributed by atoms with van der Waals surface area (Å²) in [6.07, 6.45) is 3.44. The number of hydrogen-bond acceptors (Lipinski definition) is 8. The van der Waals surface area contributed by atoms with Crippen LogP contribution in [-0.4, -0.2) is 54.8 Å². The molecule has 3 aromatic rings. The molecule has 0 spiro atoms. The van der Waals surface area contributed by atoms with Gasteiger partial charge in [-0.25, -0.2) is 28.1 Å². The highest BCUT2D eigenvalue weighted by molar-refractivity contribution is 7.89. The van der Waals surface area contributed by atoms with Gasteiger partial charge in [-0.15, -0.1) is 0 Å². The van der Waals surface area contributed by atoms with Gasteiger partial charge in [-0.1, -0.05) is 0 Å². The van der Waals surface area contributed by atoms with Crippen LogP contribution in [0, 0.1) is 0 Å². The molecule has 178 valence electrons. The lowest BCUT2D eigenvalue weighted by atomic mass is 10.2. The second-order valence-electron chi connectivity index (χ2n) is 7.47. The van der Waals surface area contributed by atoms with Gasteiger partial charge in [-0.2, -0.15) is 0 Å². The van der Waals surface area contributed by atoms with E-state index in [1.54, 1.807) is 31.6 Å². The number of benzene rings is 1. The van der Waals surface area contributed by atoms with Gasteiger partial charge in [-0.05, 0) is 51.1 Å². The number of hydrogen-bond donors (Lipinski definition) is 2. The lowest BCUT2D eigenvalue weighted by Gasteiger charge is -2.15. The standard InChI is InChI=1S/C22H30N6O4S/c1-5-32-13-12-25-33(29,30)18-8-6-17(7-9-18)26-22-23-11-10-19(27-22)20-14-24-21(15-31-4)28(20)16(2)3/h6-11,14,16,25H,5,12-13,15H2,1-4H3,(H,23,26,27). The van der Waals surface area contributed by atoms with Crippen molar-refractivity contribution >= 4 is 21.7 Å². The zero-order valence-electron chi connectivity index (χ0n) is 19.3. The average molecular weight is 475 g/mol. The lowest BCUT2D eigenvalue weighted by molar-refractivity contribution is 0.153. The van der Waals surface area contributed by atoms with Crippen LogP contribution in [0.2, 0.25) is 0 Å². The lowest BCUT2D eigenvalue weighted by Crippen LogP contribution is -2.27. The summed E-state index contributed by atoms with van der Waals surface area (Å²) in [6.45, 7) is 7.50. The van der Waals surface area contributed by atoms with Crippen LogP contribution in [0.25, 0.3) is 11.4 Å². The summed E-state index contributed by atoms with van der Waals surface area (Å²) in [5, 5.41) is 3.12. The predicted molar refractivity (Wildman–Crippen MR) is 126 cm³/mol. The molecule has 11 heteroatoms. The third-order valence-corrected chi connectivity index (χ3v) is 6.22. The van der Waals surface area contributed by atoms with Gasteiger partial charge in [0.15, 0.2) is 0 Å². The zero-order valence-corrected chi connectivity index (χ0v) is 20.1. The Morgan fingerprint density at radius 3 is 2.55 bits per heavy atom. The van der Waals surface area contributed by atoms with Gasteiger partial charge in [0.05, 0.1) is 29.1 Å². The van der Waals surface area contributed by atoms with E-state index in [0.29, 0.717) is 37.2 Å². The van der Waals surface area contributed by atoms with Crippen molar-refractivity contribution in [1.29, 1.82) is 0 Å². The molecule has 1 aromatic carbocycles. The molecule has 0 radical (unpaired) electrons. The molecule has 2 N–H and O–H groups in total. The minimum Gasteiger partial charge on any atom is -0.380 e. The van der Waals surface area contributed by atoms with Gasteiger partial charge < -0.3 is 19.4 Å². The molecule has 0 fully saturated rings. The highest BCUT2D eigenvalue weighted by Crippen LogP contribution is 2.25. The number of nitrogens with zero attached hydrogens (tertiary/aromatic N) is 4. The first-order valence-corrected chi connectivity index (χ1v) is 12.2. The van der Waals surface area contributed by atoms with E-state index in [9.17, 15) is 8.42 Å². The molecule has 2 heterocycles. The maximum atomic E-state index is 12.4. The summed E-state index contributed by atoms with van der Waals surface area (Å²) in [7, 11) is -1.96. The van der Waals surface area contributed by atoms with Gasteiger partial charge in [-0.3, -0.25) is 0 Å². The van der Waals surface area contributed by atoms with E-state index in [-0.39, 0.29) is 17.5 Å². The molecule has 0 unspecified atom stereocenters. The number of imidazole rings is 1. The summed E-state index contributed by atoms with van der Waals surface area (Å²) >= 11 is 0. The SMILES string of the molecule is CCOCCNS(=O)(=O)c1ccc(Nc2nccc(-c3cnc(COC)n3C(C)C)n2)cc1. The van der Waals surface area contributed by atoms with Crippen molar-refractivity contribution in [2.75, 3.05) is 32.2 Å². The number of methoxy groups -OCH3 is 1. The van der Waals surface area contributed by atoms with Crippen molar-refractivity contribution in [3.8, 4) is 11.4 Å². The summed E-state index contributed by atoms with van der Waals surface area (Å²) in [6, 6.07) is 8.39. The van der Waals surface area contributed by atoms with Crippen LogP contribution in [0.1, 0.15) is 32.6 Å². The largest absolute Gasteiger partial charge is 0.380 e. The second-order valence-corrected chi connectivity index (χ2v) is 9.23. The Bertz CT molecular complexity index is 1150. The van der Waals surface area contributed by atoms with Gasteiger partial charge >= 0.3 is 0 Å². The highest BCUT2D eigenvalue weighted by Gasteiger charge is 2.16. The first-order valence-electron chi connectivity index (χ1n) is 10.7. The quantitative estimate of drug-likeness (QED) is 0.384. The molecule has 10 nitrogen and oxygen atoms in total. The van der Waals surface area contributed by atoms with Crippen LogP contribution < -0.4 is 10.0 Å². The molecule has 0 bridgehead atoms. The van der Waals surface area contributed by atoms with Crippen molar-refractivity contribution in [3.63, 3.8) is 0 Å². The maximum Gasteiger partial charge on any atom is 0.240 e. The summed E-state index contributed by atoms with van der Waals surface area (Å²) in [4.78, 5) is 13.5.